The number of hydrogen-bond acceptors (Lipinski definition) is 5. The topological polar surface area (TPSA) is 61.8 Å². The minimum Gasteiger partial charge on any atom is -0.460 e. The van der Waals surface area contributed by atoms with E-state index in [1.165, 1.54) is 0 Å². The van der Waals surface area contributed by atoms with Gasteiger partial charge in [0.1, 0.15) is 11.5 Å². The van der Waals surface area contributed by atoms with E-state index in [2.05, 4.69) is 32.8 Å². The SMILES string of the molecule is C=C(C)C(=O)OC(CC)[Si](C)(O[Si](C)(C)C)C(CC)OC(=O)C(=C)C. The summed E-state index contributed by atoms with van der Waals surface area (Å²) in [6, 6.07) is 0. The maximum Gasteiger partial charge on any atom is 0.333 e. The second-order valence-electron chi connectivity index (χ2n) is 7.56. The van der Waals surface area contributed by atoms with Crippen LogP contribution in [0.4, 0.5) is 0 Å². The average molecular weight is 387 g/mol. The molecule has 2 unspecified atom stereocenters. The van der Waals surface area contributed by atoms with Gasteiger partial charge in [-0.25, -0.2) is 9.59 Å². The quantitative estimate of drug-likeness (QED) is 0.318. The molecule has 0 aliphatic heterocycles. The molecule has 0 aromatic carbocycles. The third-order valence-corrected chi connectivity index (χ3v) is 11.6. The van der Waals surface area contributed by atoms with Gasteiger partial charge in [0.25, 0.3) is 8.32 Å². The third kappa shape index (κ3) is 7.29. The summed E-state index contributed by atoms with van der Waals surface area (Å²) in [4.78, 5) is 24.2. The Hall–Kier alpha value is -1.19. The standard InChI is InChI=1S/C18H34O5Si2/c1-11-15(21-17(19)13(3)4)25(10,23-24(7,8)9)16(12-2)22-18(20)14(5)6/h15-16H,3,5,11-12H2,1-2,4,6-10H3. The zero-order chi connectivity index (χ0) is 20.0. The molecule has 0 aliphatic rings. The number of rotatable bonds is 10. The van der Waals surface area contributed by atoms with Crippen LogP contribution in [0.2, 0.25) is 26.2 Å². The Morgan fingerprint density at radius 1 is 0.840 bits per heavy atom. The molecule has 2 atom stereocenters. The lowest BCUT2D eigenvalue weighted by Gasteiger charge is -2.43. The summed E-state index contributed by atoms with van der Waals surface area (Å²) < 4.78 is 18.0. The smallest absolute Gasteiger partial charge is 0.333 e. The summed E-state index contributed by atoms with van der Waals surface area (Å²) in [5, 5.41) is 0. The molecule has 0 aliphatic carbocycles. The van der Waals surface area contributed by atoms with Crippen molar-refractivity contribution < 1.29 is 23.2 Å². The van der Waals surface area contributed by atoms with Gasteiger partial charge >= 0.3 is 11.9 Å². The Kier molecular flexibility index (Phi) is 9.04. The number of esters is 2. The Balaban J connectivity index is 5.86. The minimum atomic E-state index is -2.77. The van der Waals surface area contributed by atoms with Crippen molar-refractivity contribution >= 4 is 28.6 Å². The predicted octanol–water partition coefficient (Wildman–Crippen LogP) is 4.29. The van der Waals surface area contributed by atoms with Crippen LogP contribution in [0, 0.1) is 0 Å². The molecule has 7 heteroatoms. The lowest BCUT2D eigenvalue weighted by atomic mass is 10.4. The lowest BCUT2D eigenvalue weighted by molar-refractivity contribution is -0.143. The van der Waals surface area contributed by atoms with E-state index in [9.17, 15) is 9.59 Å². The van der Waals surface area contributed by atoms with E-state index in [0.29, 0.717) is 24.0 Å². The second kappa shape index (κ2) is 9.49. The van der Waals surface area contributed by atoms with Crippen molar-refractivity contribution in [3.63, 3.8) is 0 Å². The zero-order valence-corrected chi connectivity index (χ0v) is 19.0. The van der Waals surface area contributed by atoms with Crippen LogP contribution in [0.15, 0.2) is 24.3 Å². The summed E-state index contributed by atoms with van der Waals surface area (Å²) in [7, 11) is -4.74. The normalized spacial score (nSPS) is 16.3. The highest BCUT2D eigenvalue weighted by molar-refractivity contribution is 6.86. The highest BCUT2D eigenvalue weighted by Gasteiger charge is 2.51. The summed E-state index contributed by atoms with van der Waals surface area (Å²) in [5.74, 6) is -0.878. The minimum absolute atomic E-state index is 0.342. The van der Waals surface area contributed by atoms with Gasteiger partial charge < -0.3 is 13.6 Å². The highest BCUT2D eigenvalue weighted by Crippen LogP contribution is 2.29. The van der Waals surface area contributed by atoms with Gasteiger partial charge in [0.15, 0.2) is 8.32 Å². The fourth-order valence-corrected chi connectivity index (χ4v) is 11.7. The molecule has 0 N–H and O–H groups in total. The van der Waals surface area contributed by atoms with Crippen LogP contribution in [0.3, 0.4) is 0 Å². The monoisotopic (exact) mass is 386 g/mol. The van der Waals surface area contributed by atoms with Crippen LogP contribution in [0.1, 0.15) is 40.5 Å². The van der Waals surface area contributed by atoms with Crippen molar-refractivity contribution in [2.45, 2.75) is 78.2 Å². The van der Waals surface area contributed by atoms with Crippen molar-refractivity contribution in [1.29, 1.82) is 0 Å². The first-order valence-corrected chi connectivity index (χ1v) is 14.7. The van der Waals surface area contributed by atoms with Crippen molar-refractivity contribution in [2.75, 3.05) is 0 Å². The largest absolute Gasteiger partial charge is 0.460 e. The molecule has 0 amide bonds. The maximum atomic E-state index is 12.1. The molecule has 25 heavy (non-hydrogen) atoms. The van der Waals surface area contributed by atoms with Gasteiger partial charge in [-0.2, -0.15) is 0 Å². The predicted molar refractivity (Wildman–Crippen MR) is 106 cm³/mol. The Bertz CT molecular complexity index is 486. The molecule has 0 spiro atoms. The molecule has 0 fully saturated rings. The molecule has 0 rings (SSSR count). The Morgan fingerprint density at radius 3 is 1.36 bits per heavy atom. The van der Waals surface area contributed by atoms with E-state index in [1.807, 2.05) is 20.4 Å². The highest BCUT2D eigenvalue weighted by atomic mass is 28.4. The van der Waals surface area contributed by atoms with E-state index in [1.54, 1.807) is 13.8 Å². The van der Waals surface area contributed by atoms with E-state index in [-0.39, 0.29) is 0 Å². The van der Waals surface area contributed by atoms with Gasteiger partial charge in [-0.3, -0.25) is 0 Å². The van der Waals surface area contributed by atoms with E-state index in [0.717, 1.165) is 0 Å². The summed E-state index contributed by atoms with van der Waals surface area (Å²) in [5.41, 5.74) is -0.165. The van der Waals surface area contributed by atoms with Gasteiger partial charge in [-0.1, -0.05) is 27.0 Å². The molecule has 0 bridgehead atoms. The van der Waals surface area contributed by atoms with Crippen LogP contribution >= 0.6 is 0 Å². The number of carbonyl (C=O) groups is 2. The number of hydrogen-bond donors (Lipinski definition) is 0. The molecule has 144 valence electrons. The summed E-state index contributed by atoms with van der Waals surface area (Å²) in [6.07, 6.45) is 1.18. The van der Waals surface area contributed by atoms with Gasteiger partial charge in [-0.05, 0) is 52.9 Å². The Morgan fingerprint density at radius 2 is 1.16 bits per heavy atom. The molecular weight excluding hydrogens is 352 g/mol. The summed E-state index contributed by atoms with van der Waals surface area (Å²) in [6.45, 7) is 22.7. The number of carbonyl (C=O) groups excluding carboxylic acids is 2. The van der Waals surface area contributed by atoms with Gasteiger partial charge in [0.2, 0.25) is 0 Å². The maximum absolute atomic E-state index is 12.1. The van der Waals surface area contributed by atoms with Crippen LogP contribution < -0.4 is 0 Å². The second-order valence-corrected chi connectivity index (χ2v) is 16.3. The van der Waals surface area contributed by atoms with Crippen molar-refractivity contribution in [1.82, 2.24) is 0 Å². The van der Waals surface area contributed by atoms with Crippen molar-refractivity contribution in [3.8, 4) is 0 Å². The van der Waals surface area contributed by atoms with Crippen LogP contribution in [0.5, 0.6) is 0 Å². The van der Waals surface area contributed by atoms with Gasteiger partial charge in [-0.15, -0.1) is 0 Å². The molecular formula is C18H34O5Si2. The molecule has 0 saturated heterocycles. The molecule has 0 radical (unpaired) electrons. The van der Waals surface area contributed by atoms with Crippen LogP contribution in [0.25, 0.3) is 0 Å². The molecule has 0 saturated carbocycles. The lowest BCUT2D eigenvalue weighted by Crippen LogP contribution is -2.63. The first kappa shape index (κ1) is 23.8. The number of ether oxygens (including phenoxy) is 2. The molecule has 0 heterocycles. The van der Waals surface area contributed by atoms with Gasteiger partial charge in [0, 0.05) is 11.1 Å². The first-order valence-electron chi connectivity index (χ1n) is 8.71. The Labute approximate surface area is 154 Å². The van der Waals surface area contributed by atoms with E-state index >= 15 is 0 Å². The third-order valence-electron chi connectivity index (χ3n) is 3.74. The molecule has 0 aromatic rings. The van der Waals surface area contributed by atoms with Crippen LogP contribution in [-0.2, 0) is 23.2 Å². The van der Waals surface area contributed by atoms with Crippen LogP contribution in [-0.4, -0.2) is 40.0 Å². The average Bonchev–Trinajstić information content (AvgIpc) is 2.46. The summed E-state index contributed by atoms with van der Waals surface area (Å²) >= 11 is 0. The first-order chi connectivity index (χ1) is 11.3. The molecule has 5 nitrogen and oxygen atoms in total. The molecule has 0 aromatic heterocycles. The van der Waals surface area contributed by atoms with E-state index < -0.39 is 40.0 Å². The van der Waals surface area contributed by atoms with Crippen molar-refractivity contribution in [3.05, 3.63) is 24.3 Å². The zero-order valence-electron chi connectivity index (χ0n) is 17.0. The van der Waals surface area contributed by atoms with E-state index in [4.69, 9.17) is 13.6 Å². The van der Waals surface area contributed by atoms with Gasteiger partial charge in [0.05, 0.1) is 0 Å². The fourth-order valence-electron chi connectivity index (χ4n) is 2.67. The van der Waals surface area contributed by atoms with Crippen molar-refractivity contribution in [2.24, 2.45) is 0 Å². The fraction of sp³-hybridized carbons (Fsp3) is 0.667.